The van der Waals surface area contributed by atoms with Gasteiger partial charge in [0.1, 0.15) is 0 Å². The van der Waals surface area contributed by atoms with E-state index in [1.807, 2.05) is 0 Å². The first-order chi connectivity index (χ1) is 10.9. The third-order valence-corrected chi connectivity index (χ3v) is 3.50. The van der Waals surface area contributed by atoms with Crippen LogP contribution in [0.15, 0.2) is 12.3 Å². The Kier molecular flexibility index (Phi) is 5.16. The molecule has 0 aliphatic carbocycles. The van der Waals surface area contributed by atoms with Crippen LogP contribution in [-0.2, 0) is 9.47 Å². The predicted octanol–water partition coefficient (Wildman–Crippen LogP) is 0.416. The summed E-state index contributed by atoms with van der Waals surface area (Å²) in [5, 5.41) is 25.5. The molecule has 1 atom stereocenters. The molecule has 23 heavy (non-hydrogen) atoms. The Hall–Kier alpha value is -2.62. The molecule has 1 aromatic heterocycles. The molecule has 2 heterocycles. The Morgan fingerprint density at radius 3 is 3.04 bits per heavy atom. The molecule has 0 aromatic carbocycles. The molecule has 1 aliphatic rings. The van der Waals surface area contributed by atoms with E-state index in [0.29, 0.717) is 24.4 Å². The van der Waals surface area contributed by atoms with E-state index in [2.05, 4.69) is 10.1 Å². The monoisotopic (exact) mass is 326 g/mol. The number of nitro groups is 1. The second-order valence-corrected chi connectivity index (χ2v) is 5.09. The fourth-order valence-electron chi connectivity index (χ4n) is 2.27. The molecule has 10 nitrogen and oxygen atoms in total. The second kappa shape index (κ2) is 7.09. The van der Waals surface area contributed by atoms with Crippen LogP contribution in [0.4, 0.5) is 16.2 Å². The molecule has 0 bridgehead atoms. The lowest BCUT2D eigenvalue weighted by Gasteiger charge is -2.32. The lowest BCUT2D eigenvalue weighted by molar-refractivity contribution is -0.612. The SMILES string of the molecule is COC(=O)N1CCO[C@@H](CNc2c[n+]([O-])c(C)cc2[N+](=O)[O-])C1. The summed E-state index contributed by atoms with van der Waals surface area (Å²) in [5.74, 6) is 0. The highest BCUT2D eigenvalue weighted by atomic mass is 16.6. The zero-order valence-electron chi connectivity index (χ0n) is 12.9. The van der Waals surface area contributed by atoms with Gasteiger partial charge in [0.15, 0.2) is 11.4 Å². The van der Waals surface area contributed by atoms with Gasteiger partial charge in [0.2, 0.25) is 6.20 Å². The van der Waals surface area contributed by atoms with E-state index >= 15 is 0 Å². The normalized spacial score (nSPS) is 17.7. The van der Waals surface area contributed by atoms with Gasteiger partial charge in [0.05, 0.1) is 37.4 Å². The number of nitrogens with one attached hydrogen (secondary N) is 1. The third-order valence-electron chi connectivity index (χ3n) is 3.50. The standard InChI is InChI=1S/C13H18N4O6/c1-9-5-12(17(20)21)11(8-16(9)19)14-6-10-7-15(3-4-23-10)13(18)22-2/h5,8,10,14H,3-4,6-7H2,1-2H3/t10-/m0/s1. The molecule has 1 N–H and O–H groups in total. The maximum Gasteiger partial charge on any atom is 0.409 e. The molecule has 0 radical (unpaired) electrons. The van der Waals surface area contributed by atoms with Crippen molar-refractivity contribution in [1.29, 1.82) is 0 Å². The lowest BCUT2D eigenvalue weighted by Crippen LogP contribution is -2.48. The summed E-state index contributed by atoms with van der Waals surface area (Å²) in [4.78, 5) is 23.5. The van der Waals surface area contributed by atoms with Crippen molar-refractivity contribution < 1.29 is 23.9 Å². The quantitative estimate of drug-likeness (QED) is 0.368. The molecule has 2 rings (SSSR count). The molecule has 0 saturated carbocycles. The van der Waals surface area contributed by atoms with Crippen LogP contribution in [0.5, 0.6) is 0 Å². The van der Waals surface area contributed by atoms with Gasteiger partial charge in [-0.25, -0.2) is 4.79 Å². The molecule has 1 fully saturated rings. The minimum absolute atomic E-state index is 0.106. The number of ether oxygens (including phenoxy) is 2. The molecular weight excluding hydrogens is 308 g/mol. The summed E-state index contributed by atoms with van der Waals surface area (Å²) in [5.41, 5.74) is 0.151. The predicted molar refractivity (Wildman–Crippen MR) is 79.0 cm³/mol. The number of hydrogen-bond donors (Lipinski definition) is 1. The number of nitrogens with zero attached hydrogens (tertiary/aromatic N) is 3. The average molecular weight is 326 g/mol. The van der Waals surface area contributed by atoms with Gasteiger partial charge in [-0.05, 0) is 0 Å². The van der Waals surface area contributed by atoms with Crippen molar-refractivity contribution in [3.8, 4) is 0 Å². The summed E-state index contributed by atoms with van der Waals surface area (Å²) in [7, 11) is 1.30. The van der Waals surface area contributed by atoms with Crippen molar-refractivity contribution >= 4 is 17.5 Å². The number of carbonyl (C=O) groups is 1. The zero-order valence-corrected chi connectivity index (χ0v) is 12.9. The minimum Gasteiger partial charge on any atom is -0.618 e. The molecule has 0 unspecified atom stereocenters. The van der Waals surface area contributed by atoms with E-state index < -0.39 is 11.0 Å². The maximum atomic E-state index is 11.6. The third kappa shape index (κ3) is 3.97. The molecule has 1 amide bonds. The lowest BCUT2D eigenvalue weighted by atomic mass is 10.2. The van der Waals surface area contributed by atoms with Crippen LogP contribution < -0.4 is 10.0 Å². The number of aryl methyl sites for hydroxylation is 1. The van der Waals surface area contributed by atoms with E-state index in [9.17, 15) is 20.1 Å². The largest absolute Gasteiger partial charge is 0.618 e. The molecule has 10 heteroatoms. The highest BCUT2D eigenvalue weighted by Crippen LogP contribution is 2.23. The average Bonchev–Trinajstić information content (AvgIpc) is 2.54. The second-order valence-electron chi connectivity index (χ2n) is 5.09. The van der Waals surface area contributed by atoms with E-state index in [1.54, 1.807) is 0 Å². The first-order valence-electron chi connectivity index (χ1n) is 6.99. The highest BCUT2D eigenvalue weighted by molar-refractivity contribution is 5.67. The van der Waals surface area contributed by atoms with E-state index in [0.717, 1.165) is 6.20 Å². The van der Waals surface area contributed by atoms with Crippen molar-refractivity contribution in [1.82, 2.24) is 4.90 Å². The molecule has 1 aromatic rings. The number of methoxy groups -OCH3 is 1. The van der Waals surface area contributed by atoms with Gasteiger partial charge in [0, 0.05) is 20.0 Å². The number of morpholine rings is 1. The van der Waals surface area contributed by atoms with Crippen LogP contribution >= 0.6 is 0 Å². The number of hydrogen-bond acceptors (Lipinski definition) is 7. The summed E-state index contributed by atoms with van der Waals surface area (Å²) in [6.07, 6.45) is 0.315. The van der Waals surface area contributed by atoms with Crippen LogP contribution in [0.1, 0.15) is 5.69 Å². The summed E-state index contributed by atoms with van der Waals surface area (Å²) in [6.45, 7) is 2.78. The summed E-state index contributed by atoms with van der Waals surface area (Å²) >= 11 is 0. The van der Waals surface area contributed by atoms with Crippen molar-refractivity contribution in [3.05, 3.63) is 33.3 Å². The number of amides is 1. The van der Waals surface area contributed by atoms with Crippen molar-refractivity contribution in [3.63, 3.8) is 0 Å². The van der Waals surface area contributed by atoms with E-state index in [4.69, 9.17) is 4.74 Å². The Morgan fingerprint density at radius 2 is 2.39 bits per heavy atom. The number of aromatic nitrogens is 1. The fraction of sp³-hybridized carbons (Fsp3) is 0.538. The maximum absolute atomic E-state index is 11.6. The Balaban J connectivity index is 2.04. The fourth-order valence-corrected chi connectivity index (χ4v) is 2.27. The van der Waals surface area contributed by atoms with Crippen molar-refractivity contribution in [2.75, 3.05) is 38.7 Å². The van der Waals surface area contributed by atoms with Gasteiger partial charge in [-0.2, -0.15) is 4.73 Å². The van der Waals surface area contributed by atoms with Crippen LogP contribution in [0, 0.1) is 22.2 Å². The first-order valence-corrected chi connectivity index (χ1v) is 6.99. The molecule has 1 aliphatic heterocycles. The smallest absolute Gasteiger partial charge is 0.409 e. The zero-order chi connectivity index (χ0) is 17.0. The molecular formula is C13H18N4O6. The van der Waals surface area contributed by atoms with Crippen LogP contribution in [-0.4, -0.2) is 55.4 Å². The van der Waals surface area contributed by atoms with Gasteiger partial charge in [-0.15, -0.1) is 0 Å². The summed E-state index contributed by atoms with van der Waals surface area (Å²) in [6, 6.07) is 1.21. The number of carbonyl (C=O) groups excluding carboxylic acids is 1. The highest BCUT2D eigenvalue weighted by Gasteiger charge is 2.26. The minimum atomic E-state index is -0.558. The molecule has 1 saturated heterocycles. The Morgan fingerprint density at radius 1 is 1.65 bits per heavy atom. The van der Waals surface area contributed by atoms with Crippen LogP contribution in [0.2, 0.25) is 0 Å². The van der Waals surface area contributed by atoms with E-state index in [-0.39, 0.29) is 29.7 Å². The van der Waals surface area contributed by atoms with Gasteiger partial charge in [-0.3, -0.25) is 10.1 Å². The van der Waals surface area contributed by atoms with Crippen molar-refractivity contribution in [2.24, 2.45) is 0 Å². The van der Waals surface area contributed by atoms with Gasteiger partial charge >= 0.3 is 11.8 Å². The molecule has 126 valence electrons. The Labute approximate surface area is 132 Å². The number of pyridine rings is 1. The van der Waals surface area contributed by atoms with Crippen LogP contribution in [0.25, 0.3) is 0 Å². The van der Waals surface area contributed by atoms with Gasteiger partial charge < -0.3 is 24.9 Å². The summed E-state index contributed by atoms with van der Waals surface area (Å²) < 4.78 is 10.7. The van der Waals surface area contributed by atoms with Crippen LogP contribution in [0.3, 0.4) is 0 Å². The van der Waals surface area contributed by atoms with E-state index in [1.165, 1.54) is 25.0 Å². The topological polar surface area (TPSA) is 121 Å². The van der Waals surface area contributed by atoms with Crippen molar-refractivity contribution in [2.45, 2.75) is 13.0 Å². The number of rotatable bonds is 4. The van der Waals surface area contributed by atoms with Gasteiger partial charge in [-0.1, -0.05) is 0 Å². The Bertz CT molecular complexity index is 608. The van der Waals surface area contributed by atoms with Gasteiger partial charge in [0.25, 0.3) is 0 Å². The number of anilines is 1. The molecule has 0 spiro atoms. The first kappa shape index (κ1) is 16.7.